The molecular weight excluding hydrogens is 561 g/mol. The van der Waals surface area contributed by atoms with Crippen LogP contribution in [0.2, 0.25) is 0 Å². The van der Waals surface area contributed by atoms with E-state index in [2.05, 4.69) is 30.5 Å². The van der Waals surface area contributed by atoms with Crippen LogP contribution in [-0.2, 0) is 11.2 Å². The number of aromatic hydroxyl groups is 1. The predicted molar refractivity (Wildman–Crippen MR) is 155 cm³/mol. The lowest BCUT2D eigenvalue weighted by atomic mass is 9.94. The minimum Gasteiger partial charge on any atom is -0.508 e. The van der Waals surface area contributed by atoms with E-state index < -0.39 is 23.3 Å². The Morgan fingerprint density at radius 1 is 1.26 bits per heavy atom. The summed E-state index contributed by atoms with van der Waals surface area (Å²) in [5, 5.41) is 17.7. The summed E-state index contributed by atoms with van der Waals surface area (Å²) in [5.74, 6) is -1.11. The fourth-order valence-corrected chi connectivity index (χ4v) is 6.88. The first-order chi connectivity index (χ1) is 20.7. The number of aryl methyl sites for hydroxylation is 1. The third-order valence-electron chi connectivity index (χ3n) is 8.97. The lowest BCUT2D eigenvalue weighted by molar-refractivity contribution is -0.127. The maximum atomic E-state index is 16.5. The molecule has 0 bridgehead atoms. The van der Waals surface area contributed by atoms with Crippen molar-refractivity contribution in [2.24, 2.45) is 0 Å². The second kappa shape index (κ2) is 10.5. The number of anilines is 1. The molecule has 2 aromatic heterocycles. The Hall–Kier alpha value is -4.19. The highest BCUT2D eigenvalue weighted by Crippen LogP contribution is 2.41. The third-order valence-corrected chi connectivity index (χ3v) is 8.97. The normalized spacial score (nSPS) is 23.4. The van der Waals surface area contributed by atoms with E-state index in [1.54, 1.807) is 6.92 Å². The summed E-state index contributed by atoms with van der Waals surface area (Å²) in [6.45, 7) is 3.47. The van der Waals surface area contributed by atoms with Crippen LogP contribution in [0.25, 0.3) is 32.9 Å². The quantitative estimate of drug-likeness (QED) is 0.254. The monoisotopic (exact) mass is 592 g/mol. The number of nitrogens with one attached hydrogen (secondary N) is 2. The number of benzene rings is 2. The van der Waals surface area contributed by atoms with E-state index in [-0.39, 0.29) is 58.3 Å². The summed E-state index contributed by atoms with van der Waals surface area (Å²) < 4.78 is 51.8. The number of carbonyl (C=O) groups excluding carboxylic acids is 1. The first-order valence-corrected chi connectivity index (χ1v) is 14.6. The molecule has 1 amide bonds. The van der Waals surface area contributed by atoms with E-state index >= 15 is 4.39 Å². The Morgan fingerprint density at radius 2 is 2.09 bits per heavy atom. The van der Waals surface area contributed by atoms with Gasteiger partial charge in [0, 0.05) is 37.7 Å². The molecule has 9 nitrogen and oxygen atoms in total. The molecule has 43 heavy (non-hydrogen) atoms. The number of ether oxygens (including phenoxy) is 1. The Balaban J connectivity index is 1.32. The number of phenolic OH excluding ortho intramolecular Hbond substituents is 1. The number of fused-ring (bicyclic) bond motifs is 3. The van der Waals surface area contributed by atoms with E-state index in [0.717, 1.165) is 19.4 Å². The van der Waals surface area contributed by atoms with Crippen LogP contribution in [0.15, 0.2) is 30.5 Å². The third kappa shape index (κ3) is 4.77. The van der Waals surface area contributed by atoms with Crippen molar-refractivity contribution in [3.05, 3.63) is 47.7 Å². The van der Waals surface area contributed by atoms with Crippen LogP contribution < -0.4 is 15.4 Å². The molecule has 0 radical (unpaired) electrons. The van der Waals surface area contributed by atoms with Gasteiger partial charge in [-0.15, -0.1) is 0 Å². The molecule has 12 heteroatoms. The number of hydrogen-bond donors (Lipinski definition) is 3. The van der Waals surface area contributed by atoms with Crippen LogP contribution in [0.4, 0.5) is 19.0 Å². The van der Waals surface area contributed by atoms with Gasteiger partial charge in [-0.3, -0.25) is 14.7 Å². The number of carbonyl (C=O) groups is 1. The maximum Gasteiger partial charge on any atom is 0.319 e. The number of amides is 1. The van der Waals surface area contributed by atoms with Gasteiger partial charge in [-0.25, -0.2) is 13.2 Å². The summed E-state index contributed by atoms with van der Waals surface area (Å²) in [6, 6.07) is 5.56. The fourth-order valence-electron chi connectivity index (χ4n) is 6.88. The predicted octanol–water partition coefficient (Wildman–Crippen LogP) is 4.65. The van der Waals surface area contributed by atoms with Crippen molar-refractivity contribution >= 4 is 33.4 Å². The van der Waals surface area contributed by atoms with Crippen molar-refractivity contribution in [3.8, 4) is 23.0 Å². The molecule has 3 saturated heterocycles. The molecule has 3 aliphatic rings. The van der Waals surface area contributed by atoms with Gasteiger partial charge in [0.1, 0.15) is 41.4 Å². The minimum atomic E-state index is -0.933. The van der Waals surface area contributed by atoms with Gasteiger partial charge in [-0.2, -0.15) is 9.97 Å². The van der Waals surface area contributed by atoms with Crippen LogP contribution >= 0.6 is 0 Å². The van der Waals surface area contributed by atoms with Crippen molar-refractivity contribution in [3.63, 3.8) is 0 Å². The number of halogens is 3. The first kappa shape index (κ1) is 27.6. The number of hydrogen-bond acceptors (Lipinski definition) is 8. The molecular formula is C31H31F3N6O3. The number of rotatable bonds is 8. The largest absolute Gasteiger partial charge is 0.508 e. The molecule has 7 rings (SSSR count). The van der Waals surface area contributed by atoms with E-state index in [9.17, 15) is 18.7 Å². The average Bonchev–Trinajstić information content (AvgIpc) is 3.49. The van der Waals surface area contributed by atoms with Gasteiger partial charge in [0.05, 0.1) is 17.0 Å². The number of phenols is 1. The molecule has 224 valence electrons. The molecule has 4 aromatic rings. The Labute approximate surface area is 245 Å². The lowest BCUT2D eigenvalue weighted by Crippen LogP contribution is -2.52. The van der Waals surface area contributed by atoms with Crippen LogP contribution in [0.1, 0.15) is 38.2 Å². The van der Waals surface area contributed by atoms with Gasteiger partial charge in [0.15, 0.2) is 5.82 Å². The lowest BCUT2D eigenvalue weighted by Gasteiger charge is -2.31. The highest BCUT2D eigenvalue weighted by Gasteiger charge is 2.49. The smallest absolute Gasteiger partial charge is 0.319 e. The Bertz CT molecular complexity index is 1760. The average molecular weight is 593 g/mol. The van der Waals surface area contributed by atoms with Gasteiger partial charge in [0.25, 0.3) is 0 Å². The second-order valence-corrected chi connectivity index (χ2v) is 11.7. The van der Waals surface area contributed by atoms with Gasteiger partial charge in [0.2, 0.25) is 5.91 Å². The van der Waals surface area contributed by atoms with Crippen molar-refractivity contribution in [2.75, 3.05) is 31.6 Å². The Morgan fingerprint density at radius 3 is 2.88 bits per heavy atom. The van der Waals surface area contributed by atoms with E-state index in [4.69, 9.17) is 4.74 Å². The first-order valence-electron chi connectivity index (χ1n) is 14.6. The van der Waals surface area contributed by atoms with Gasteiger partial charge >= 0.3 is 6.01 Å². The van der Waals surface area contributed by atoms with E-state index in [1.165, 1.54) is 30.5 Å². The van der Waals surface area contributed by atoms with Crippen molar-refractivity contribution in [2.45, 2.75) is 56.8 Å². The van der Waals surface area contributed by atoms with Crippen LogP contribution in [0.5, 0.6) is 11.8 Å². The minimum absolute atomic E-state index is 0.0509. The second-order valence-electron chi connectivity index (χ2n) is 11.7. The zero-order valence-electron chi connectivity index (χ0n) is 23.6. The fraction of sp³-hybridized carbons (Fsp3) is 0.419. The van der Waals surface area contributed by atoms with Crippen LogP contribution in [0.3, 0.4) is 0 Å². The number of nitrogens with zero attached hydrogens (tertiary/aromatic N) is 4. The number of aromatic nitrogens is 3. The van der Waals surface area contributed by atoms with E-state index in [0.29, 0.717) is 48.7 Å². The van der Waals surface area contributed by atoms with Gasteiger partial charge in [-0.1, -0.05) is 13.0 Å². The summed E-state index contributed by atoms with van der Waals surface area (Å²) >= 11 is 0. The van der Waals surface area contributed by atoms with Crippen molar-refractivity contribution in [1.82, 2.24) is 25.2 Å². The number of alkyl halides is 1. The highest BCUT2D eigenvalue weighted by molar-refractivity contribution is 6.01. The standard InChI is InChI=1S/C31H31F3N6O3/c1-2-20-23(33)5-4-16-8-19(41)10-21(25(16)20)27-26(34)28-22(13-35-27)29(36-12-18-9-24(42)37-18)39-30(38-28)43-15-31-6-3-7-40(31)14-17(32)11-31/h4-5,8,10,13,17-18,41H,2-3,6-7,9,11-12,14-15H2,1H3,(H,37,42)(H,36,38,39)/t17-,18?,31+/m1/s1. The maximum absolute atomic E-state index is 16.5. The molecule has 0 aliphatic carbocycles. The molecule has 2 aromatic carbocycles. The zero-order valence-corrected chi connectivity index (χ0v) is 23.6. The summed E-state index contributed by atoms with van der Waals surface area (Å²) in [4.78, 5) is 26.9. The van der Waals surface area contributed by atoms with Gasteiger partial charge in [-0.05, 0) is 60.3 Å². The van der Waals surface area contributed by atoms with Crippen molar-refractivity contribution in [1.29, 1.82) is 0 Å². The summed E-state index contributed by atoms with van der Waals surface area (Å²) in [7, 11) is 0. The SMILES string of the molecule is CCc1c(F)ccc2cc(O)cc(-c3ncc4c(NCC5CC(=O)N5)nc(OC[C@@]56CCCN5C[C@H](F)C6)nc4c3F)c12. The molecule has 0 saturated carbocycles. The number of pyridine rings is 1. The summed E-state index contributed by atoms with van der Waals surface area (Å²) in [5.41, 5.74) is -0.0128. The van der Waals surface area contributed by atoms with E-state index in [1.807, 2.05) is 0 Å². The number of β-lactam (4-membered cyclic amide) rings is 1. The van der Waals surface area contributed by atoms with Crippen LogP contribution in [0, 0.1) is 11.6 Å². The topological polar surface area (TPSA) is 112 Å². The highest BCUT2D eigenvalue weighted by atomic mass is 19.1. The molecule has 5 heterocycles. The molecule has 0 spiro atoms. The van der Waals surface area contributed by atoms with Crippen molar-refractivity contribution < 1.29 is 27.8 Å². The molecule has 3 atom stereocenters. The molecule has 1 unspecified atom stereocenters. The molecule has 3 N–H and O–H groups in total. The zero-order chi connectivity index (χ0) is 29.9. The Kier molecular flexibility index (Phi) is 6.76. The summed E-state index contributed by atoms with van der Waals surface area (Å²) in [6.07, 6.45) is 3.30. The molecule has 3 fully saturated rings. The van der Waals surface area contributed by atoms with Gasteiger partial charge < -0.3 is 20.5 Å². The van der Waals surface area contributed by atoms with Crippen LogP contribution in [-0.4, -0.2) is 74.9 Å². The molecule has 3 aliphatic heterocycles.